The summed E-state index contributed by atoms with van der Waals surface area (Å²) in [6.45, 7) is 1.67. The van der Waals surface area contributed by atoms with Crippen molar-refractivity contribution in [1.82, 2.24) is 10.6 Å². The van der Waals surface area contributed by atoms with Crippen LogP contribution in [0, 0.1) is 0 Å². The quantitative estimate of drug-likeness (QED) is 0.381. The predicted octanol–water partition coefficient (Wildman–Crippen LogP) is 3.69. The Labute approximate surface area is 188 Å². The number of nitrogens with one attached hydrogen (secondary N) is 2. The number of carbonyl (C=O) groups excluding carboxylic acids is 2. The molecule has 0 radical (unpaired) electrons. The van der Waals surface area contributed by atoms with Crippen molar-refractivity contribution in [3.63, 3.8) is 0 Å². The summed E-state index contributed by atoms with van der Waals surface area (Å²) < 4.78 is 11.6. The van der Waals surface area contributed by atoms with E-state index in [1.807, 2.05) is 84.9 Å². The highest BCUT2D eigenvalue weighted by atomic mass is 16.5. The van der Waals surface area contributed by atoms with E-state index in [0.717, 1.165) is 22.3 Å². The van der Waals surface area contributed by atoms with E-state index in [4.69, 9.17) is 9.47 Å². The van der Waals surface area contributed by atoms with Gasteiger partial charge in [-0.3, -0.25) is 9.59 Å². The molecule has 0 bridgehead atoms. The van der Waals surface area contributed by atoms with Gasteiger partial charge in [-0.05, 0) is 22.3 Å². The van der Waals surface area contributed by atoms with Crippen LogP contribution in [0.25, 0.3) is 0 Å². The first-order chi connectivity index (χ1) is 15.8. The maximum absolute atomic E-state index is 10.9. The number of hydrogen-bond acceptors (Lipinski definition) is 4. The molecule has 0 unspecified atom stereocenters. The Morgan fingerprint density at radius 1 is 0.594 bits per heavy atom. The number of rotatable bonds is 14. The standard InChI is InChI=1S/C26H28N2O4/c29-19-27-25(23-7-3-1-4-8-23)17-31-15-21-11-13-22(14-12-21)16-32-18-26(28-20-30)24-9-5-2-6-10-24/h1-14,19-20,25-26H,15-18H2,(H,27,29)(H,28,30)/t25-,26-/m1/s1. The summed E-state index contributed by atoms with van der Waals surface area (Å²) in [6.07, 6.45) is 1.39. The topological polar surface area (TPSA) is 76.7 Å². The molecule has 3 aromatic rings. The summed E-state index contributed by atoms with van der Waals surface area (Å²) in [5, 5.41) is 5.60. The number of carbonyl (C=O) groups is 2. The van der Waals surface area contributed by atoms with Gasteiger partial charge in [-0.1, -0.05) is 84.9 Å². The molecule has 3 aromatic carbocycles. The Bertz CT molecular complexity index is 855. The Morgan fingerprint density at radius 2 is 0.969 bits per heavy atom. The van der Waals surface area contributed by atoms with Crippen LogP contribution in [0.5, 0.6) is 0 Å². The van der Waals surface area contributed by atoms with Crippen LogP contribution in [0.15, 0.2) is 84.9 Å². The summed E-state index contributed by atoms with van der Waals surface area (Å²) in [7, 11) is 0. The third kappa shape index (κ3) is 7.34. The molecular weight excluding hydrogens is 404 g/mol. The maximum Gasteiger partial charge on any atom is 0.207 e. The van der Waals surface area contributed by atoms with Crippen LogP contribution in [0.1, 0.15) is 34.3 Å². The second-order valence-corrected chi connectivity index (χ2v) is 7.34. The molecule has 0 saturated carbocycles. The minimum Gasteiger partial charge on any atom is -0.374 e. The third-order valence-corrected chi connectivity index (χ3v) is 5.07. The van der Waals surface area contributed by atoms with E-state index in [0.29, 0.717) is 39.2 Å². The van der Waals surface area contributed by atoms with Gasteiger partial charge in [-0.15, -0.1) is 0 Å². The lowest BCUT2D eigenvalue weighted by Gasteiger charge is -2.17. The lowest BCUT2D eigenvalue weighted by Crippen LogP contribution is -2.24. The van der Waals surface area contributed by atoms with Crippen LogP contribution in [0.2, 0.25) is 0 Å². The number of benzene rings is 3. The SMILES string of the molecule is O=CN[C@H](COCc1ccc(COC[C@@H](NC=O)c2ccccc2)cc1)c1ccccc1. The zero-order valence-electron chi connectivity index (χ0n) is 17.9. The van der Waals surface area contributed by atoms with E-state index in [9.17, 15) is 9.59 Å². The van der Waals surface area contributed by atoms with Gasteiger partial charge in [0.25, 0.3) is 0 Å². The molecule has 0 fully saturated rings. The maximum atomic E-state index is 10.9. The fourth-order valence-electron chi connectivity index (χ4n) is 3.34. The van der Waals surface area contributed by atoms with E-state index in [-0.39, 0.29) is 12.1 Å². The monoisotopic (exact) mass is 432 g/mol. The number of ether oxygens (including phenoxy) is 2. The molecule has 0 heterocycles. The van der Waals surface area contributed by atoms with Gasteiger partial charge in [0.15, 0.2) is 0 Å². The molecule has 0 aliphatic carbocycles. The molecule has 6 nitrogen and oxygen atoms in total. The summed E-state index contributed by atoms with van der Waals surface area (Å²) in [5.41, 5.74) is 4.09. The zero-order chi connectivity index (χ0) is 22.4. The lowest BCUT2D eigenvalue weighted by molar-refractivity contribution is -0.111. The number of amides is 2. The van der Waals surface area contributed by atoms with E-state index in [1.165, 1.54) is 0 Å². The van der Waals surface area contributed by atoms with E-state index < -0.39 is 0 Å². The second kappa shape index (κ2) is 13.0. The highest BCUT2D eigenvalue weighted by molar-refractivity contribution is 5.48. The lowest BCUT2D eigenvalue weighted by atomic mass is 10.1. The van der Waals surface area contributed by atoms with E-state index in [2.05, 4.69) is 10.6 Å². The van der Waals surface area contributed by atoms with Gasteiger partial charge < -0.3 is 20.1 Å². The number of hydrogen-bond donors (Lipinski definition) is 2. The molecule has 0 spiro atoms. The Kier molecular flexibility index (Phi) is 9.45. The molecule has 0 saturated heterocycles. The summed E-state index contributed by atoms with van der Waals surface area (Å²) in [4.78, 5) is 21.8. The summed E-state index contributed by atoms with van der Waals surface area (Å²) in [5.74, 6) is 0. The zero-order valence-corrected chi connectivity index (χ0v) is 17.9. The molecule has 3 rings (SSSR count). The second-order valence-electron chi connectivity index (χ2n) is 7.34. The van der Waals surface area contributed by atoms with Crippen molar-refractivity contribution in [3.05, 3.63) is 107 Å². The fraction of sp³-hybridized carbons (Fsp3) is 0.231. The Balaban J connectivity index is 1.44. The van der Waals surface area contributed by atoms with Gasteiger partial charge >= 0.3 is 0 Å². The molecule has 166 valence electrons. The van der Waals surface area contributed by atoms with Crippen molar-refractivity contribution >= 4 is 12.8 Å². The van der Waals surface area contributed by atoms with Crippen molar-refractivity contribution in [2.75, 3.05) is 13.2 Å². The fourth-order valence-corrected chi connectivity index (χ4v) is 3.34. The molecule has 6 heteroatoms. The highest BCUT2D eigenvalue weighted by Crippen LogP contribution is 2.15. The minimum absolute atomic E-state index is 0.182. The van der Waals surface area contributed by atoms with Crippen LogP contribution in [-0.2, 0) is 32.3 Å². The average Bonchev–Trinajstić information content (AvgIpc) is 2.85. The Hall–Kier alpha value is -3.48. The van der Waals surface area contributed by atoms with Gasteiger partial charge in [-0.2, -0.15) is 0 Å². The van der Waals surface area contributed by atoms with Crippen molar-refractivity contribution in [1.29, 1.82) is 0 Å². The molecular formula is C26H28N2O4. The summed E-state index contributed by atoms with van der Waals surface area (Å²) in [6, 6.07) is 27.1. The van der Waals surface area contributed by atoms with Gasteiger partial charge in [0.2, 0.25) is 12.8 Å². The largest absolute Gasteiger partial charge is 0.374 e. The van der Waals surface area contributed by atoms with Crippen LogP contribution in [-0.4, -0.2) is 26.0 Å². The molecule has 0 aliphatic heterocycles. The van der Waals surface area contributed by atoms with Crippen molar-refractivity contribution in [2.24, 2.45) is 0 Å². The smallest absolute Gasteiger partial charge is 0.207 e. The van der Waals surface area contributed by atoms with E-state index >= 15 is 0 Å². The van der Waals surface area contributed by atoms with Crippen molar-refractivity contribution in [3.8, 4) is 0 Å². The first-order valence-electron chi connectivity index (χ1n) is 10.5. The van der Waals surface area contributed by atoms with Gasteiger partial charge in [-0.25, -0.2) is 0 Å². The van der Waals surface area contributed by atoms with Crippen molar-refractivity contribution in [2.45, 2.75) is 25.3 Å². The molecule has 0 aromatic heterocycles. The third-order valence-electron chi connectivity index (χ3n) is 5.07. The molecule has 2 N–H and O–H groups in total. The van der Waals surface area contributed by atoms with Crippen molar-refractivity contribution < 1.29 is 19.1 Å². The molecule has 32 heavy (non-hydrogen) atoms. The van der Waals surface area contributed by atoms with Crippen LogP contribution < -0.4 is 10.6 Å². The molecule has 2 atom stereocenters. The van der Waals surface area contributed by atoms with Crippen LogP contribution >= 0.6 is 0 Å². The van der Waals surface area contributed by atoms with Crippen LogP contribution in [0.3, 0.4) is 0 Å². The normalized spacial score (nSPS) is 12.5. The van der Waals surface area contributed by atoms with Crippen LogP contribution in [0.4, 0.5) is 0 Å². The van der Waals surface area contributed by atoms with Gasteiger partial charge in [0.1, 0.15) is 0 Å². The Morgan fingerprint density at radius 3 is 1.31 bits per heavy atom. The molecule has 0 aliphatic rings. The van der Waals surface area contributed by atoms with Gasteiger partial charge in [0, 0.05) is 0 Å². The predicted molar refractivity (Wildman–Crippen MR) is 123 cm³/mol. The molecule has 2 amide bonds. The first-order valence-corrected chi connectivity index (χ1v) is 10.5. The average molecular weight is 433 g/mol. The summed E-state index contributed by atoms with van der Waals surface area (Å²) >= 11 is 0. The van der Waals surface area contributed by atoms with Gasteiger partial charge in [0.05, 0.1) is 38.5 Å². The first kappa shape index (κ1) is 23.2. The van der Waals surface area contributed by atoms with E-state index in [1.54, 1.807) is 0 Å². The highest BCUT2D eigenvalue weighted by Gasteiger charge is 2.11. The minimum atomic E-state index is -0.182.